The number of nitrogens with one attached hydrogen (secondary N) is 2. The van der Waals surface area contributed by atoms with Crippen molar-refractivity contribution in [3.63, 3.8) is 0 Å². The zero-order valence-corrected chi connectivity index (χ0v) is 17.6. The molecule has 0 fully saturated rings. The normalized spacial score (nSPS) is 11.0. The maximum Gasteiger partial charge on any atom is 0.276 e. The van der Waals surface area contributed by atoms with E-state index >= 15 is 0 Å². The minimum atomic E-state index is -0.215. The predicted molar refractivity (Wildman–Crippen MR) is 114 cm³/mol. The molecular weight excluding hydrogens is 372 g/mol. The highest BCUT2D eigenvalue weighted by molar-refractivity contribution is 7.16. The van der Waals surface area contributed by atoms with Gasteiger partial charge >= 0.3 is 0 Å². The van der Waals surface area contributed by atoms with Gasteiger partial charge in [-0.2, -0.15) is 4.68 Å². The van der Waals surface area contributed by atoms with Crippen molar-refractivity contribution in [2.24, 2.45) is 0 Å². The van der Waals surface area contributed by atoms with Gasteiger partial charge in [-0.15, -0.1) is 0 Å². The summed E-state index contributed by atoms with van der Waals surface area (Å²) >= 11 is 1.22. The number of benzene rings is 1. The molecule has 0 atom stereocenters. The van der Waals surface area contributed by atoms with Gasteiger partial charge in [-0.3, -0.25) is 14.7 Å². The topological polar surface area (TPSA) is 79.8 Å². The zero-order chi connectivity index (χ0) is 20.3. The number of rotatable bonds is 7. The highest BCUT2D eigenvalue weighted by Crippen LogP contribution is 2.22. The number of carbonyl (C=O) groups is 1. The largest absolute Gasteiger partial charge is 0.321 e. The Balaban J connectivity index is 1.84. The minimum Gasteiger partial charge on any atom is -0.321 e. The lowest BCUT2D eigenvalue weighted by atomic mass is 10.1. The summed E-state index contributed by atoms with van der Waals surface area (Å²) in [5.41, 5.74) is 4.13. The number of H-pyrrole nitrogens is 1. The lowest BCUT2D eigenvalue weighted by Crippen LogP contribution is -2.17. The maximum absolute atomic E-state index is 12.7. The van der Waals surface area contributed by atoms with Gasteiger partial charge in [0, 0.05) is 16.9 Å². The number of anilines is 1. The van der Waals surface area contributed by atoms with Crippen LogP contribution in [0.1, 0.15) is 58.9 Å². The Morgan fingerprint density at radius 2 is 1.93 bits per heavy atom. The summed E-state index contributed by atoms with van der Waals surface area (Å²) in [6.07, 6.45) is 3.70. The van der Waals surface area contributed by atoms with Crippen LogP contribution < -0.4 is 10.9 Å². The molecule has 7 heteroatoms. The van der Waals surface area contributed by atoms with Gasteiger partial charge in [-0.1, -0.05) is 43.7 Å². The first-order valence-electron chi connectivity index (χ1n) is 9.63. The molecule has 0 aliphatic heterocycles. The summed E-state index contributed by atoms with van der Waals surface area (Å²) in [6, 6.07) is 7.79. The van der Waals surface area contributed by atoms with Crippen molar-refractivity contribution in [3.8, 4) is 5.13 Å². The van der Waals surface area contributed by atoms with Gasteiger partial charge in [0.05, 0.1) is 5.69 Å². The number of amides is 1. The molecule has 0 saturated carbocycles. The van der Waals surface area contributed by atoms with E-state index in [1.807, 2.05) is 31.2 Å². The van der Waals surface area contributed by atoms with Gasteiger partial charge in [0.25, 0.3) is 11.5 Å². The first kappa shape index (κ1) is 20.1. The third-order valence-corrected chi connectivity index (χ3v) is 5.92. The summed E-state index contributed by atoms with van der Waals surface area (Å²) in [5, 5.41) is 6.49. The molecule has 3 aromatic rings. The van der Waals surface area contributed by atoms with E-state index in [2.05, 4.69) is 29.2 Å². The average molecular weight is 399 g/mol. The fourth-order valence-electron chi connectivity index (χ4n) is 3.06. The van der Waals surface area contributed by atoms with E-state index in [0.29, 0.717) is 15.7 Å². The van der Waals surface area contributed by atoms with E-state index in [1.54, 1.807) is 6.92 Å². The molecule has 6 nitrogen and oxygen atoms in total. The molecule has 148 valence electrons. The van der Waals surface area contributed by atoms with E-state index in [9.17, 15) is 9.59 Å². The molecule has 3 rings (SSSR count). The standard InChI is InChI=1S/C21H26N4O2S/c1-5-7-8-17-13(3)24-25(20(17)27)21-22-14(4)18(28-21)19(26)23-16-11-9-15(6-2)10-12-16/h9-12,24H,5-8H2,1-4H3,(H,23,26). The number of hydrogen-bond acceptors (Lipinski definition) is 4. The quantitative estimate of drug-likeness (QED) is 0.619. The minimum absolute atomic E-state index is 0.0817. The third kappa shape index (κ3) is 4.09. The number of nitrogens with zero attached hydrogens (tertiary/aromatic N) is 2. The molecule has 0 unspecified atom stereocenters. The van der Waals surface area contributed by atoms with Crippen LogP contribution in [0.4, 0.5) is 5.69 Å². The molecule has 2 N–H and O–H groups in total. The highest BCUT2D eigenvalue weighted by Gasteiger charge is 2.19. The number of hydrogen-bond donors (Lipinski definition) is 2. The Morgan fingerprint density at radius 1 is 1.21 bits per heavy atom. The summed E-state index contributed by atoms with van der Waals surface area (Å²) in [4.78, 5) is 30.4. The number of aromatic amines is 1. The maximum atomic E-state index is 12.7. The highest BCUT2D eigenvalue weighted by atomic mass is 32.1. The second kappa shape index (κ2) is 8.56. The van der Waals surface area contributed by atoms with Crippen LogP contribution in [0.3, 0.4) is 0 Å². The predicted octanol–water partition coefficient (Wildman–Crippen LogP) is 4.40. The van der Waals surface area contributed by atoms with Crippen molar-refractivity contribution in [1.29, 1.82) is 0 Å². The fourth-order valence-corrected chi connectivity index (χ4v) is 3.99. The van der Waals surface area contributed by atoms with E-state index < -0.39 is 0 Å². The SMILES string of the molecule is CCCCc1c(C)[nH]n(-c2nc(C)c(C(=O)Nc3ccc(CC)cc3)s2)c1=O. The van der Waals surface area contributed by atoms with E-state index in [0.717, 1.165) is 42.6 Å². The molecule has 2 heterocycles. The first-order chi connectivity index (χ1) is 13.4. The molecule has 2 aromatic heterocycles. The Kier molecular flexibility index (Phi) is 6.14. The number of aryl methyl sites for hydroxylation is 3. The van der Waals surface area contributed by atoms with E-state index in [4.69, 9.17) is 0 Å². The second-order valence-corrected chi connectivity index (χ2v) is 7.85. The average Bonchev–Trinajstić information content (AvgIpc) is 3.20. The van der Waals surface area contributed by atoms with Crippen molar-refractivity contribution in [2.45, 2.75) is 53.4 Å². The van der Waals surface area contributed by atoms with Gasteiger partial charge in [0.1, 0.15) is 4.88 Å². The van der Waals surface area contributed by atoms with Crippen molar-refractivity contribution in [3.05, 3.63) is 62.0 Å². The van der Waals surface area contributed by atoms with E-state index in [1.165, 1.54) is 21.6 Å². The molecule has 0 saturated heterocycles. The number of thiazole rings is 1. The van der Waals surface area contributed by atoms with Crippen LogP contribution in [0.2, 0.25) is 0 Å². The van der Waals surface area contributed by atoms with Crippen molar-refractivity contribution < 1.29 is 4.79 Å². The Bertz CT molecular complexity index is 1030. The number of carbonyl (C=O) groups excluding carboxylic acids is 1. The van der Waals surface area contributed by atoms with Crippen molar-refractivity contribution >= 4 is 22.9 Å². The second-order valence-electron chi connectivity index (χ2n) is 6.88. The van der Waals surface area contributed by atoms with Crippen LogP contribution in [0.5, 0.6) is 0 Å². The Morgan fingerprint density at radius 3 is 2.57 bits per heavy atom. The van der Waals surface area contributed by atoms with Gasteiger partial charge in [-0.05, 0) is 50.8 Å². The Hall–Kier alpha value is -2.67. The van der Waals surface area contributed by atoms with Gasteiger partial charge in [0.15, 0.2) is 0 Å². The van der Waals surface area contributed by atoms with Gasteiger partial charge < -0.3 is 5.32 Å². The lowest BCUT2D eigenvalue weighted by Gasteiger charge is -2.04. The third-order valence-electron chi connectivity index (χ3n) is 4.78. The molecule has 0 radical (unpaired) electrons. The van der Waals surface area contributed by atoms with Gasteiger partial charge in [-0.25, -0.2) is 4.98 Å². The number of unbranched alkanes of at least 4 members (excludes halogenated alkanes) is 1. The van der Waals surface area contributed by atoms with Crippen molar-refractivity contribution in [2.75, 3.05) is 5.32 Å². The summed E-state index contributed by atoms with van der Waals surface area (Å²) in [5.74, 6) is -0.215. The molecule has 28 heavy (non-hydrogen) atoms. The first-order valence-corrected chi connectivity index (χ1v) is 10.4. The molecule has 0 aliphatic carbocycles. The van der Waals surface area contributed by atoms with Crippen LogP contribution in [0.15, 0.2) is 29.1 Å². The van der Waals surface area contributed by atoms with Crippen LogP contribution in [-0.2, 0) is 12.8 Å². The van der Waals surface area contributed by atoms with E-state index in [-0.39, 0.29) is 11.5 Å². The monoisotopic (exact) mass is 398 g/mol. The summed E-state index contributed by atoms with van der Waals surface area (Å²) in [7, 11) is 0. The Labute approximate surface area is 168 Å². The van der Waals surface area contributed by atoms with Crippen molar-refractivity contribution in [1.82, 2.24) is 14.8 Å². The molecule has 0 aliphatic rings. The zero-order valence-electron chi connectivity index (χ0n) is 16.8. The molecule has 0 bridgehead atoms. The smallest absolute Gasteiger partial charge is 0.276 e. The lowest BCUT2D eigenvalue weighted by molar-refractivity contribution is 0.103. The molecule has 1 amide bonds. The van der Waals surface area contributed by atoms with Gasteiger partial charge in [0.2, 0.25) is 5.13 Å². The van der Waals surface area contributed by atoms with Crippen LogP contribution in [0, 0.1) is 13.8 Å². The van der Waals surface area contributed by atoms with Crippen LogP contribution in [-0.4, -0.2) is 20.7 Å². The molecule has 1 aromatic carbocycles. The molecular formula is C21H26N4O2S. The summed E-state index contributed by atoms with van der Waals surface area (Å²) < 4.78 is 1.45. The molecule has 0 spiro atoms. The fraction of sp³-hybridized carbons (Fsp3) is 0.381. The summed E-state index contributed by atoms with van der Waals surface area (Å²) in [6.45, 7) is 7.88. The van der Waals surface area contributed by atoms with Crippen LogP contribution >= 0.6 is 11.3 Å². The van der Waals surface area contributed by atoms with Crippen LogP contribution in [0.25, 0.3) is 5.13 Å². The number of aromatic nitrogens is 3.